The fraction of sp³-hybridized carbons (Fsp3) is 0.444. The summed E-state index contributed by atoms with van der Waals surface area (Å²) >= 11 is 6.97. The van der Waals surface area contributed by atoms with E-state index in [0.717, 1.165) is 30.5 Å². The van der Waals surface area contributed by atoms with E-state index in [-0.39, 0.29) is 12.4 Å². The number of nitrogens with zero attached hydrogens (tertiary/aromatic N) is 5. The number of aromatic nitrogens is 2. The van der Waals surface area contributed by atoms with Gasteiger partial charge < -0.3 is 29.6 Å². The number of rotatable bonds is 6. The monoisotopic (exact) mass is 421 g/mol. The lowest BCUT2D eigenvalue weighted by atomic mass is 10.2. The fourth-order valence-electron chi connectivity index (χ4n) is 3.09. The molecule has 0 radical (unpaired) electrons. The Hall–Kier alpha value is -2.17. The van der Waals surface area contributed by atoms with Crippen LogP contribution in [0.4, 0.5) is 11.5 Å². The fourth-order valence-corrected chi connectivity index (χ4v) is 4.28. The summed E-state index contributed by atoms with van der Waals surface area (Å²) in [5.41, 5.74) is 1.22. The molecule has 10 heteroatoms. The van der Waals surface area contributed by atoms with Crippen LogP contribution in [-0.2, 0) is 6.54 Å². The molecular weight excluding hydrogens is 398 g/mol. The van der Waals surface area contributed by atoms with Crippen molar-refractivity contribution in [2.45, 2.75) is 19.6 Å². The first-order chi connectivity index (χ1) is 13.4. The van der Waals surface area contributed by atoms with Crippen molar-refractivity contribution in [1.29, 1.82) is 0 Å². The summed E-state index contributed by atoms with van der Waals surface area (Å²) in [5, 5.41) is 21.1. The zero-order valence-electron chi connectivity index (χ0n) is 15.6. The van der Waals surface area contributed by atoms with Crippen LogP contribution in [0.1, 0.15) is 5.82 Å². The molecule has 1 aromatic carbocycles. The van der Waals surface area contributed by atoms with E-state index < -0.39 is 11.0 Å². The van der Waals surface area contributed by atoms with Crippen molar-refractivity contribution < 1.29 is 10.0 Å². The molecule has 0 bridgehead atoms. The number of imidazole rings is 1. The molecule has 1 aliphatic rings. The SMILES string of the molecule is Cc1nc([N+](=O)[O-])cn1CC(O)CSC(=S)N1CCN(c2ccccc2)CC1. The highest BCUT2D eigenvalue weighted by Crippen LogP contribution is 2.19. The van der Waals surface area contributed by atoms with Crippen LogP contribution in [-0.4, -0.2) is 66.8 Å². The number of hydrogen-bond acceptors (Lipinski definition) is 7. The van der Waals surface area contributed by atoms with Gasteiger partial charge in [-0.05, 0) is 22.0 Å². The highest BCUT2D eigenvalue weighted by atomic mass is 32.2. The summed E-state index contributed by atoms with van der Waals surface area (Å²) in [6.45, 7) is 5.46. The minimum absolute atomic E-state index is 0.204. The Kier molecular flexibility index (Phi) is 6.87. The molecule has 8 nitrogen and oxygen atoms in total. The molecule has 0 amide bonds. The molecule has 1 saturated heterocycles. The summed E-state index contributed by atoms with van der Waals surface area (Å²) in [5.74, 6) is 0.739. The molecule has 0 aliphatic carbocycles. The first-order valence-electron chi connectivity index (χ1n) is 9.02. The van der Waals surface area contributed by atoms with E-state index in [1.165, 1.54) is 23.6 Å². The normalized spacial score (nSPS) is 15.5. The zero-order valence-corrected chi connectivity index (χ0v) is 17.2. The van der Waals surface area contributed by atoms with Crippen molar-refractivity contribution in [3.63, 3.8) is 0 Å². The van der Waals surface area contributed by atoms with Gasteiger partial charge in [0.05, 0.1) is 12.6 Å². The number of benzene rings is 1. The predicted octanol–water partition coefficient (Wildman–Crippen LogP) is 2.30. The van der Waals surface area contributed by atoms with Gasteiger partial charge in [0.2, 0.25) is 5.82 Å². The van der Waals surface area contributed by atoms with Gasteiger partial charge in [0, 0.05) is 44.5 Å². The summed E-state index contributed by atoms with van der Waals surface area (Å²) in [4.78, 5) is 18.6. The van der Waals surface area contributed by atoms with Gasteiger partial charge in [-0.1, -0.05) is 42.2 Å². The van der Waals surface area contributed by atoms with Crippen LogP contribution < -0.4 is 4.90 Å². The van der Waals surface area contributed by atoms with Crippen molar-refractivity contribution in [1.82, 2.24) is 14.5 Å². The molecule has 28 heavy (non-hydrogen) atoms. The molecule has 3 rings (SSSR count). The largest absolute Gasteiger partial charge is 0.390 e. The van der Waals surface area contributed by atoms with Crippen LogP contribution in [0.15, 0.2) is 36.5 Å². The summed E-state index contributed by atoms with van der Waals surface area (Å²) in [6.07, 6.45) is 0.686. The van der Waals surface area contributed by atoms with Crippen LogP contribution >= 0.6 is 24.0 Å². The Morgan fingerprint density at radius 1 is 1.32 bits per heavy atom. The average molecular weight is 422 g/mol. The lowest BCUT2D eigenvalue weighted by Gasteiger charge is -2.37. The first-order valence-corrected chi connectivity index (χ1v) is 10.4. The van der Waals surface area contributed by atoms with E-state index in [0.29, 0.717) is 11.6 Å². The average Bonchev–Trinajstić information content (AvgIpc) is 3.07. The maximum absolute atomic E-state index is 10.8. The Morgan fingerprint density at radius 2 is 2.00 bits per heavy atom. The number of piperazine rings is 1. The Bertz CT molecular complexity index is 822. The summed E-state index contributed by atoms with van der Waals surface area (Å²) < 4.78 is 2.38. The Morgan fingerprint density at radius 3 is 2.61 bits per heavy atom. The molecule has 1 aromatic heterocycles. The van der Waals surface area contributed by atoms with Crippen LogP contribution in [0.25, 0.3) is 0 Å². The molecule has 150 valence electrons. The van der Waals surface area contributed by atoms with E-state index in [2.05, 4.69) is 26.9 Å². The minimum Gasteiger partial charge on any atom is -0.390 e. The van der Waals surface area contributed by atoms with Gasteiger partial charge in [-0.15, -0.1) is 0 Å². The highest BCUT2D eigenvalue weighted by Gasteiger charge is 2.21. The van der Waals surface area contributed by atoms with Crippen LogP contribution in [0.5, 0.6) is 0 Å². The maximum Gasteiger partial charge on any atom is 0.381 e. The molecule has 2 aromatic rings. The molecule has 2 heterocycles. The van der Waals surface area contributed by atoms with Crippen molar-refractivity contribution in [3.05, 3.63) is 52.5 Å². The van der Waals surface area contributed by atoms with E-state index in [9.17, 15) is 15.2 Å². The van der Waals surface area contributed by atoms with Gasteiger partial charge in [-0.25, -0.2) is 0 Å². The van der Waals surface area contributed by atoms with Gasteiger partial charge in [0.25, 0.3) is 0 Å². The summed E-state index contributed by atoms with van der Waals surface area (Å²) in [7, 11) is 0. The Balaban J connectivity index is 1.43. The number of aliphatic hydroxyl groups is 1. The van der Waals surface area contributed by atoms with Crippen molar-refractivity contribution in [2.24, 2.45) is 0 Å². The van der Waals surface area contributed by atoms with Gasteiger partial charge in [0.1, 0.15) is 10.5 Å². The third-order valence-electron chi connectivity index (χ3n) is 4.62. The second-order valence-electron chi connectivity index (χ2n) is 6.60. The van der Waals surface area contributed by atoms with E-state index in [1.807, 2.05) is 18.2 Å². The number of aliphatic hydroxyl groups excluding tert-OH is 1. The molecule has 1 unspecified atom stereocenters. The maximum atomic E-state index is 10.8. The van der Waals surface area contributed by atoms with Crippen molar-refractivity contribution >= 4 is 39.8 Å². The topological polar surface area (TPSA) is 87.7 Å². The number of thiocarbonyl (C=S) groups is 1. The third kappa shape index (κ3) is 5.21. The first kappa shape index (κ1) is 20.6. The molecule has 1 fully saturated rings. The molecule has 0 saturated carbocycles. The van der Waals surface area contributed by atoms with Gasteiger partial charge in [0.15, 0.2) is 0 Å². The molecular formula is C18H23N5O3S2. The van der Waals surface area contributed by atoms with E-state index >= 15 is 0 Å². The van der Waals surface area contributed by atoms with Crippen LogP contribution in [0.3, 0.4) is 0 Å². The number of hydrogen-bond donors (Lipinski definition) is 1. The quantitative estimate of drug-likeness (QED) is 0.432. The van der Waals surface area contributed by atoms with Gasteiger partial charge >= 0.3 is 5.82 Å². The number of thioether (sulfide) groups is 1. The molecule has 1 aliphatic heterocycles. The third-order valence-corrected chi connectivity index (χ3v) is 6.28. The lowest BCUT2D eigenvalue weighted by molar-refractivity contribution is -0.389. The van der Waals surface area contributed by atoms with Crippen molar-refractivity contribution in [3.8, 4) is 0 Å². The van der Waals surface area contributed by atoms with Crippen molar-refractivity contribution in [2.75, 3.05) is 36.8 Å². The molecule has 0 spiro atoms. The molecule has 1 atom stereocenters. The predicted molar refractivity (Wildman–Crippen MR) is 115 cm³/mol. The number of aryl methyl sites for hydroxylation is 1. The second-order valence-corrected chi connectivity index (χ2v) is 8.25. The number of para-hydroxylation sites is 1. The standard InChI is InChI=1S/C18H23N5O3S2/c1-14-19-17(23(25)26)12-22(14)11-16(24)13-28-18(27)21-9-7-20(8-10-21)15-5-3-2-4-6-15/h2-6,12,16,24H,7-11,13H2,1H3. The number of nitro groups is 1. The van der Waals surface area contributed by atoms with Gasteiger partial charge in [-0.3, -0.25) is 0 Å². The minimum atomic E-state index is -0.666. The smallest absolute Gasteiger partial charge is 0.381 e. The second kappa shape index (κ2) is 9.35. The van der Waals surface area contributed by atoms with E-state index in [4.69, 9.17) is 12.2 Å². The summed E-state index contributed by atoms with van der Waals surface area (Å²) in [6, 6.07) is 10.3. The van der Waals surface area contributed by atoms with Crippen LogP contribution in [0, 0.1) is 17.0 Å². The zero-order chi connectivity index (χ0) is 20.1. The van der Waals surface area contributed by atoms with Crippen LogP contribution in [0.2, 0.25) is 0 Å². The van der Waals surface area contributed by atoms with E-state index in [1.54, 1.807) is 11.5 Å². The number of anilines is 1. The lowest BCUT2D eigenvalue weighted by Crippen LogP contribution is -2.47. The molecule has 1 N–H and O–H groups in total. The Labute approximate surface area is 173 Å². The highest BCUT2D eigenvalue weighted by molar-refractivity contribution is 8.22. The van der Waals surface area contributed by atoms with Gasteiger partial charge in [-0.2, -0.15) is 0 Å².